The van der Waals surface area contributed by atoms with Gasteiger partial charge in [-0.25, -0.2) is 0 Å². The van der Waals surface area contributed by atoms with Crippen molar-refractivity contribution in [2.45, 2.75) is 6.92 Å². The van der Waals surface area contributed by atoms with Crippen molar-refractivity contribution < 1.29 is 5.21 Å². The van der Waals surface area contributed by atoms with Gasteiger partial charge >= 0.3 is 0 Å². The molecule has 0 unspecified atom stereocenters. The molecule has 19 heavy (non-hydrogen) atoms. The molecule has 1 heterocycles. The summed E-state index contributed by atoms with van der Waals surface area (Å²) in [6, 6.07) is 11.4. The van der Waals surface area contributed by atoms with E-state index in [1.54, 1.807) is 6.20 Å². The van der Waals surface area contributed by atoms with Gasteiger partial charge in [-0.15, -0.1) is 0 Å². The van der Waals surface area contributed by atoms with Crippen LogP contribution in [-0.2, 0) is 0 Å². The van der Waals surface area contributed by atoms with E-state index in [2.05, 4.69) is 10.1 Å². The average Bonchev–Trinajstić information content (AvgIpc) is 2.46. The first-order valence-electron chi connectivity index (χ1n) is 5.86. The van der Waals surface area contributed by atoms with E-state index in [1.165, 1.54) is 0 Å². The van der Waals surface area contributed by atoms with Crippen LogP contribution in [0.2, 0.25) is 0 Å². The van der Waals surface area contributed by atoms with Crippen LogP contribution < -0.4 is 10.6 Å². The Balaban J connectivity index is 2.27. The first-order valence-corrected chi connectivity index (χ1v) is 5.86. The minimum absolute atomic E-state index is 0.106. The number of hydrogen-bond donors (Lipinski definition) is 2. The highest BCUT2D eigenvalue weighted by molar-refractivity contribution is 5.97. The van der Waals surface area contributed by atoms with Crippen molar-refractivity contribution in [1.29, 1.82) is 0 Å². The van der Waals surface area contributed by atoms with Gasteiger partial charge in [-0.2, -0.15) is 0 Å². The van der Waals surface area contributed by atoms with Crippen molar-refractivity contribution in [2.24, 2.45) is 10.9 Å². The third kappa shape index (κ3) is 2.82. The van der Waals surface area contributed by atoms with E-state index in [-0.39, 0.29) is 5.84 Å². The van der Waals surface area contributed by atoms with Crippen molar-refractivity contribution in [3.05, 3.63) is 53.9 Å². The average molecular weight is 256 g/mol. The number of oxime groups is 1. The number of pyridine rings is 1. The van der Waals surface area contributed by atoms with Crippen molar-refractivity contribution in [3.63, 3.8) is 0 Å². The number of amidine groups is 1. The molecule has 0 spiro atoms. The molecule has 5 heteroatoms. The summed E-state index contributed by atoms with van der Waals surface area (Å²) in [5.41, 5.74) is 9.26. The molecule has 98 valence electrons. The summed E-state index contributed by atoms with van der Waals surface area (Å²) in [5, 5.41) is 11.6. The molecular weight excluding hydrogens is 240 g/mol. The van der Waals surface area contributed by atoms with Gasteiger partial charge in [0, 0.05) is 35.9 Å². The van der Waals surface area contributed by atoms with Gasteiger partial charge in [0.1, 0.15) is 0 Å². The fourth-order valence-electron chi connectivity index (χ4n) is 1.80. The van der Waals surface area contributed by atoms with Gasteiger partial charge in [0.2, 0.25) is 0 Å². The zero-order chi connectivity index (χ0) is 13.8. The van der Waals surface area contributed by atoms with Gasteiger partial charge in [-0.3, -0.25) is 4.98 Å². The Morgan fingerprint density at radius 3 is 2.47 bits per heavy atom. The monoisotopic (exact) mass is 256 g/mol. The lowest BCUT2D eigenvalue weighted by Gasteiger charge is -2.19. The number of aromatic nitrogens is 1. The third-order valence-corrected chi connectivity index (χ3v) is 2.93. The summed E-state index contributed by atoms with van der Waals surface area (Å²) in [5.74, 6) is 0.106. The van der Waals surface area contributed by atoms with Crippen LogP contribution in [0.25, 0.3) is 0 Å². The third-order valence-electron chi connectivity index (χ3n) is 2.93. The Morgan fingerprint density at radius 1 is 1.21 bits per heavy atom. The summed E-state index contributed by atoms with van der Waals surface area (Å²) in [7, 11) is 1.98. The molecule has 0 saturated heterocycles. The van der Waals surface area contributed by atoms with Crippen LogP contribution in [0, 0.1) is 6.92 Å². The van der Waals surface area contributed by atoms with Crippen LogP contribution in [-0.4, -0.2) is 23.1 Å². The Labute approximate surface area is 112 Å². The molecule has 2 aromatic rings. The molecule has 0 fully saturated rings. The van der Waals surface area contributed by atoms with Gasteiger partial charge in [0.25, 0.3) is 0 Å². The minimum atomic E-state index is 0.106. The first-order chi connectivity index (χ1) is 9.11. The highest BCUT2D eigenvalue weighted by Gasteiger charge is 2.05. The predicted molar refractivity (Wildman–Crippen MR) is 76.0 cm³/mol. The molecule has 0 aliphatic rings. The molecule has 0 radical (unpaired) electrons. The lowest BCUT2D eigenvalue weighted by Crippen LogP contribution is -2.14. The summed E-state index contributed by atoms with van der Waals surface area (Å²) < 4.78 is 0. The van der Waals surface area contributed by atoms with Crippen molar-refractivity contribution in [1.82, 2.24) is 4.98 Å². The van der Waals surface area contributed by atoms with Crippen molar-refractivity contribution in [2.75, 3.05) is 11.9 Å². The standard InChI is InChI=1S/C14H16N4O/c1-10-9-13(7-8-16-10)18(2)12-5-3-11(4-6-12)14(15)17-19/h3-9,19H,1-2H3,(H2,15,17). The number of rotatable bonds is 3. The summed E-state index contributed by atoms with van der Waals surface area (Å²) in [6.45, 7) is 1.96. The SMILES string of the molecule is Cc1cc(N(C)c2ccc(/C(N)=N/O)cc2)ccn1. The maximum Gasteiger partial charge on any atom is 0.170 e. The van der Waals surface area contributed by atoms with Crippen LogP contribution >= 0.6 is 0 Å². The second kappa shape index (κ2) is 5.39. The van der Waals surface area contributed by atoms with Crippen LogP contribution in [0.1, 0.15) is 11.3 Å². The zero-order valence-electron chi connectivity index (χ0n) is 10.9. The summed E-state index contributed by atoms with van der Waals surface area (Å²) >= 11 is 0. The predicted octanol–water partition coefficient (Wildman–Crippen LogP) is 2.25. The highest BCUT2D eigenvalue weighted by atomic mass is 16.4. The topological polar surface area (TPSA) is 74.7 Å². The highest BCUT2D eigenvalue weighted by Crippen LogP contribution is 2.23. The molecule has 0 aliphatic carbocycles. The smallest absolute Gasteiger partial charge is 0.170 e. The maximum atomic E-state index is 8.62. The van der Waals surface area contributed by atoms with Crippen molar-refractivity contribution >= 4 is 17.2 Å². The quantitative estimate of drug-likeness (QED) is 0.382. The minimum Gasteiger partial charge on any atom is -0.409 e. The lowest BCUT2D eigenvalue weighted by atomic mass is 10.1. The van der Waals surface area contributed by atoms with Gasteiger partial charge in [0.15, 0.2) is 5.84 Å². The van der Waals surface area contributed by atoms with Crippen LogP contribution in [0.15, 0.2) is 47.8 Å². The fraction of sp³-hybridized carbons (Fsp3) is 0.143. The molecule has 1 aromatic carbocycles. The number of anilines is 2. The normalized spacial score (nSPS) is 11.4. The number of aryl methyl sites for hydroxylation is 1. The Hall–Kier alpha value is -2.56. The molecule has 5 nitrogen and oxygen atoms in total. The lowest BCUT2D eigenvalue weighted by molar-refractivity contribution is 0.318. The van der Waals surface area contributed by atoms with E-state index >= 15 is 0 Å². The van der Waals surface area contributed by atoms with E-state index in [4.69, 9.17) is 10.9 Å². The molecule has 2 rings (SSSR count). The van der Waals surface area contributed by atoms with Crippen LogP contribution in [0.4, 0.5) is 11.4 Å². The molecule has 0 atom stereocenters. The number of benzene rings is 1. The van der Waals surface area contributed by atoms with E-state index in [0.717, 1.165) is 17.1 Å². The molecule has 3 N–H and O–H groups in total. The second-order valence-corrected chi connectivity index (χ2v) is 4.25. The summed E-state index contributed by atoms with van der Waals surface area (Å²) in [6.07, 6.45) is 1.78. The molecular formula is C14H16N4O. The van der Waals surface area contributed by atoms with E-state index in [1.807, 2.05) is 55.3 Å². The van der Waals surface area contributed by atoms with Gasteiger partial charge < -0.3 is 15.8 Å². The zero-order valence-corrected chi connectivity index (χ0v) is 10.9. The molecule has 0 saturated carbocycles. The Morgan fingerprint density at radius 2 is 1.89 bits per heavy atom. The van der Waals surface area contributed by atoms with Gasteiger partial charge in [0.05, 0.1) is 0 Å². The van der Waals surface area contributed by atoms with Gasteiger partial charge in [-0.1, -0.05) is 5.16 Å². The van der Waals surface area contributed by atoms with E-state index in [0.29, 0.717) is 5.56 Å². The number of nitrogens with zero attached hydrogens (tertiary/aromatic N) is 3. The maximum absolute atomic E-state index is 8.62. The number of nitrogens with two attached hydrogens (primary N) is 1. The van der Waals surface area contributed by atoms with E-state index < -0.39 is 0 Å². The first kappa shape index (κ1) is 12.9. The molecule has 1 aromatic heterocycles. The Kier molecular flexibility index (Phi) is 3.66. The van der Waals surface area contributed by atoms with Crippen LogP contribution in [0.5, 0.6) is 0 Å². The summed E-state index contributed by atoms with van der Waals surface area (Å²) in [4.78, 5) is 6.22. The van der Waals surface area contributed by atoms with E-state index in [9.17, 15) is 0 Å². The fourth-order valence-corrected chi connectivity index (χ4v) is 1.80. The largest absolute Gasteiger partial charge is 0.409 e. The van der Waals surface area contributed by atoms with Crippen LogP contribution in [0.3, 0.4) is 0 Å². The Bertz CT molecular complexity index is 593. The van der Waals surface area contributed by atoms with Crippen molar-refractivity contribution in [3.8, 4) is 0 Å². The second-order valence-electron chi connectivity index (χ2n) is 4.25. The molecule has 0 aliphatic heterocycles. The molecule has 0 bridgehead atoms. The molecule has 0 amide bonds. The van der Waals surface area contributed by atoms with Gasteiger partial charge in [-0.05, 0) is 43.3 Å². The number of hydrogen-bond acceptors (Lipinski definition) is 4.